The van der Waals surface area contributed by atoms with Crippen molar-refractivity contribution in [2.75, 3.05) is 6.61 Å². The molecule has 2 N–H and O–H groups in total. The lowest BCUT2D eigenvalue weighted by Gasteiger charge is -2.30. The van der Waals surface area contributed by atoms with E-state index in [0.29, 0.717) is 5.92 Å². The molecule has 21 heavy (non-hydrogen) atoms. The van der Waals surface area contributed by atoms with Gasteiger partial charge in [-0.3, -0.25) is 0 Å². The number of benzene rings is 1. The average Bonchev–Trinajstić information content (AvgIpc) is 2.53. The molecular formula is C19H31NO. The molecule has 2 nitrogen and oxygen atoms in total. The lowest BCUT2D eigenvalue weighted by atomic mass is 9.84. The quantitative estimate of drug-likeness (QED) is 0.648. The van der Waals surface area contributed by atoms with Crippen LogP contribution in [0.4, 0.5) is 0 Å². The van der Waals surface area contributed by atoms with Crippen LogP contribution in [-0.2, 0) is 0 Å². The van der Waals surface area contributed by atoms with Crippen LogP contribution in [0, 0.1) is 0 Å². The van der Waals surface area contributed by atoms with Crippen molar-refractivity contribution < 1.29 is 4.74 Å². The van der Waals surface area contributed by atoms with Crippen LogP contribution in [0.1, 0.15) is 76.2 Å². The molecule has 2 unspecified atom stereocenters. The molecule has 0 saturated carbocycles. The Kier molecular flexibility index (Phi) is 7.08. The molecule has 0 spiro atoms. The van der Waals surface area contributed by atoms with E-state index in [0.717, 1.165) is 25.2 Å². The summed E-state index contributed by atoms with van der Waals surface area (Å²) in [6.07, 6.45) is 11.7. The molecule has 0 aliphatic carbocycles. The Balaban J connectivity index is 1.71. The van der Waals surface area contributed by atoms with Gasteiger partial charge in [0.15, 0.2) is 0 Å². The van der Waals surface area contributed by atoms with Gasteiger partial charge < -0.3 is 10.5 Å². The minimum Gasteiger partial charge on any atom is -0.493 e. The summed E-state index contributed by atoms with van der Waals surface area (Å²) in [5.41, 5.74) is 7.79. The zero-order valence-electron chi connectivity index (χ0n) is 13.5. The molecule has 2 heteroatoms. The lowest BCUT2D eigenvalue weighted by molar-refractivity contribution is 0.251. The van der Waals surface area contributed by atoms with E-state index < -0.39 is 0 Å². The third kappa shape index (κ3) is 5.03. The van der Waals surface area contributed by atoms with Crippen molar-refractivity contribution in [1.82, 2.24) is 0 Å². The van der Waals surface area contributed by atoms with E-state index >= 15 is 0 Å². The van der Waals surface area contributed by atoms with Gasteiger partial charge in [0.1, 0.15) is 5.75 Å². The summed E-state index contributed by atoms with van der Waals surface area (Å²) >= 11 is 0. The normalized spacial score (nSPS) is 18.9. The minimum absolute atomic E-state index is 0.283. The molecule has 0 fully saturated rings. The number of ether oxygens (including phenoxy) is 1. The lowest BCUT2D eigenvalue weighted by Crippen LogP contribution is -2.32. The molecule has 1 aromatic rings. The van der Waals surface area contributed by atoms with Crippen molar-refractivity contribution in [2.45, 2.75) is 76.7 Å². The van der Waals surface area contributed by atoms with Crippen LogP contribution in [0.25, 0.3) is 0 Å². The number of nitrogens with two attached hydrogens (primary N) is 1. The molecule has 0 aromatic heterocycles. The number of unbranched alkanes of at least 4 members (excludes halogenated alkanes) is 6. The Bertz CT molecular complexity index is 404. The van der Waals surface area contributed by atoms with Crippen LogP contribution in [0.2, 0.25) is 0 Å². The standard InChI is InChI=1S/C19H31NO/c1-2-3-4-5-6-7-8-12-18(20)16-14-15-21-19-13-10-9-11-17(16)19/h9-11,13,16,18H,2-8,12,14-15,20H2,1H3. The molecular weight excluding hydrogens is 258 g/mol. The summed E-state index contributed by atoms with van der Waals surface area (Å²) in [5.74, 6) is 1.53. The van der Waals surface area contributed by atoms with E-state index in [9.17, 15) is 0 Å². The van der Waals surface area contributed by atoms with Crippen LogP contribution in [0.3, 0.4) is 0 Å². The summed E-state index contributed by atoms with van der Waals surface area (Å²) in [4.78, 5) is 0. The van der Waals surface area contributed by atoms with Crippen LogP contribution in [0.5, 0.6) is 5.75 Å². The number of rotatable bonds is 9. The molecule has 1 aliphatic heterocycles. The third-order valence-electron chi connectivity index (χ3n) is 4.66. The SMILES string of the molecule is CCCCCCCCCC(N)C1CCOc2ccccc21. The summed E-state index contributed by atoms with van der Waals surface area (Å²) in [6, 6.07) is 8.68. The smallest absolute Gasteiger partial charge is 0.122 e. The van der Waals surface area contributed by atoms with Crippen molar-refractivity contribution in [3.05, 3.63) is 29.8 Å². The van der Waals surface area contributed by atoms with Crippen molar-refractivity contribution in [1.29, 1.82) is 0 Å². The van der Waals surface area contributed by atoms with Gasteiger partial charge in [0.2, 0.25) is 0 Å². The summed E-state index contributed by atoms with van der Waals surface area (Å²) in [7, 11) is 0. The molecule has 2 atom stereocenters. The van der Waals surface area contributed by atoms with Gasteiger partial charge in [0, 0.05) is 12.0 Å². The predicted molar refractivity (Wildman–Crippen MR) is 89.9 cm³/mol. The van der Waals surface area contributed by atoms with Crippen molar-refractivity contribution in [3.8, 4) is 5.75 Å². The maximum atomic E-state index is 6.47. The van der Waals surface area contributed by atoms with Crippen molar-refractivity contribution >= 4 is 0 Å². The number of fused-ring (bicyclic) bond motifs is 1. The first-order valence-corrected chi connectivity index (χ1v) is 8.80. The number of hydrogen-bond acceptors (Lipinski definition) is 2. The van der Waals surface area contributed by atoms with Gasteiger partial charge in [0.05, 0.1) is 6.61 Å². The maximum absolute atomic E-state index is 6.47. The second-order valence-electron chi connectivity index (χ2n) is 6.36. The summed E-state index contributed by atoms with van der Waals surface area (Å²) < 4.78 is 5.73. The molecule has 1 heterocycles. The zero-order valence-corrected chi connectivity index (χ0v) is 13.5. The topological polar surface area (TPSA) is 35.2 Å². The van der Waals surface area contributed by atoms with Gasteiger partial charge in [0.25, 0.3) is 0 Å². The average molecular weight is 289 g/mol. The highest BCUT2D eigenvalue weighted by atomic mass is 16.5. The van der Waals surface area contributed by atoms with Crippen molar-refractivity contribution in [3.63, 3.8) is 0 Å². The largest absolute Gasteiger partial charge is 0.493 e. The molecule has 0 amide bonds. The predicted octanol–water partition coefficient (Wildman–Crippen LogP) is 5.02. The summed E-state index contributed by atoms with van der Waals surface area (Å²) in [6.45, 7) is 3.08. The highest BCUT2D eigenvalue weighted by molar-refractivity contribution is 5.38. The van der Waals surface area contributed by atoms with Gasteiger partial charge in [-0.25, -0.2) is 0 Å². The highest BCUT2D eigenvalue weighted by Crippen LogP contribution is 2.36. The Hall–Kier alpha value is -1.02. The number of para-hydroxylation sites is 1. The third-order valence-corrected chi connectivity index (χ3v) is 4.66. The van der Waals surface area contributed by atoms with Gasteiger partial charge in [-0.05, 0) is 24.5 Å². The molecule has 2 rings (SSSR count). The Morgan fingerprint density at radius 1 is 1.10 bits per heavy atom. The zero-order chi connectivity index (χ0) is 14.9. The first kappa shape index (κ1) is 16.4. The maximum Gasteiger partial charge on any atom is 0.122 e. The van der Waals surface area contributed by atoms with Crippen LogP contribution < -0.4 is 10.5 Å². The monoisotopic (exact) mass is 289 g/mol. The van der Waals surface area contributed by atoms with Gasteiger partial charge in [-0.1, -0.05) is 70.1 Å². The van der Waals surface area contributed by atoms with Crippen molar-refractivity contribution in [2.24, 2.45) is 5.73 Å². The van der Waals surface area contributed by atoms with Crippen LogP contribution >= 0.6 is 0 Å². The Labute approximate surface area is 130 Å². The van der Waals surface area contributed by atoms with E-state index in [4.69, 9.17) is 10.5 Å². The summed E-state index contributed by atoms with van der Waals surface area (Å²) in [5, 5.41) is 0. The first-order chi connectivity index (χ1) is 10.3. The van der Waals surface area contributed by atoms with E-state index in [1.165, 1.54) is 50.5 Å². The highest BCUT2D eigenvalue weighted by Gasteiger charge is 2.25. The Morgan fingerprint density at radius 2 is 1.81 bits per heavy atom. The fourth-order valence-corrected chi connectivity index (χ4v) is 3.35. The fraction of sp³-hybridized carbons (Fsp3) is 0.684. The first-order valence-electron chi connectivity index (χ1n) is 8.80. The fourth-order valence-electron chi connectivity index (χ4n) is 3.35. The van der Waals surface area contributed by atoms with E-state index in [2.05, 4.69) is 25.1 Å². The molecule has 0 radical (unpaired) electrons. The molecule has 0 saturated heterocycles. The molecule has 118 valence electrons. The number of hydrogen-bond donors (Lipinski definition) is 1. The van der Waals surface area contributed by atoms with Gasteiger partial charge in [-0.2, -0.15) is 0 Å². The van der Waals surface area contributed by atoms with E-state index in [1.807, 2.05) is 6.07 Å². The van der Waals surface area contributed by atoms with Gasteiger partial charge >= 0.3 is 0 Å². The minimum atomic E-state index is 0.283. The second kappa shape index (κ2) is 9.09. The molecule has 1 aliphatic rings. The van der Waals surface area contributed by atoms with Crippen LogP contribution in [-0.4, -0.2) is 12.6 Å². The molecule has 1 aromatic carbocycles. The van der Waals surface area contributed by atoms with E-state index in [-0.39, 0.29) is 6.04 Å². The van der Waals surface area contributed by atoms with E-state index in [1.54, 1.807) is 0 Å². The molecule has 0 bridgehead atoms. The van der Waals surface area contributed by atoms with Gasteiger partial charge in [-0.15, -0.1) is 0 Å². The van der Waals surface area contributed by atoms with Crippen LogP contribution in [0.15, 0.2) is 24.3 Å². The second-order valence-corrected chi connectivity index (χ2v) is 6.36. The Morgan fingerprint density at radius 3 is 2.62 bits per heavy atom.